The summed E-state index contributed by atoms with van der Waals surface area (Å²) in [4.78, 5) is 13.4. The van der Waals surface area contributed by atoms with Gasteiger partial charge in [0.25, 0.3) is 0 Å². The molecule has 0 aliphatic carbocycles. The fourth-order valence-corrected chi connectivity index (χ4v) is 5.68. The molecule has 1 atom stereocenters. The quantitative estimate of drug-likeness (QED) is 0.540. The average Bonchev–Trinajstić information content (AvgIpc) is 3.30. The molecule has 0 spiro atoms. The van der Waals surface area contributed by atoms with Gasteiger partial charge < -0.3 is 5.32 Å². The van der Waals surface area contributed by atoms with E-state index in [1.54, 1.807) is 34.4 Å². The molecule has 3 rings (SSSR count). The van der Waals surface area contributed by atoms with Gasteiger partial charge in [-0.3, -0.25) is 4.79 Å². The lowest BCUT2D eigenvalue weighted by molar-refractivity contribution is -0.119. The van der Waals surface area contributed by atoms with Crippen LogP contribution < -0.4 is 5.32 Å². The normalized spacial score (nSPS) is 12.0. The van der Waals surface area contributed by atoms with Gasteiger partial charge in [0.05, 0.1) is 11.8 Å². The number of aromatic nitrogens is 2. The lowest BCUT2D eigenvalue weighted by Gasteiger charge is -2.13. The molecule has 8 heteroatoms. The number of thioether (sulfide) groups is 2. The molecule has 2 aromatic heterocycles. The van der Waals surface area contributed by atoms with Gasteiger partial charge in [-0.15, -0.1) is 21.5 Å². The molecule has 130 valence electrons. The predicted octanol–water partition coefficient (Wildman–Crippen LogP) is 4.86. The second-order valence-electron chi connectivity index (χ2n) is 5.19. The smallest absolute Gasteiger partial charge is 0.230 e. The molecule has 4 nitrogen and oxygen atoms in total. The third kappa shape index (κ3) is 5.85. The Labute approximate surface area is 163 Å². The number of amides is 1. The van der Waals surface area contributed by atoms with Crippen LogP contribution in [0.1, 0.15) is 23.4 Å². The molecule has 1 amide bonds. The van der Waals surface area contributed by atoms with Crippen molar-refractivity contribution >= 4 is 52.1 Å². The van der Waals surface area contributed by atoms with Crippen molar-refractivity contribution in [2.75, 3.05) is 5.75 Å². The minimum atomic E-state index is 0.000585. The Balaban J connectivity index is 1.43. The van der Waals surface area contributed by atoms with Crippen LogP contribution in [0.25, 0.3) is 0 Å². The summed E-state index contributed by atoms with van der Waals surface area (Å²) in [6.07, 6.45) is 0. The Morgan fingerprint density at radius 3 is 2.60 bits per heavy atom. The van der Waals surface area contributed by atoms with Gasteiger partial charge in [0.2, 0.25) is 5.91 Å². The first-order valence-corrected chi connectivity index (χ1v) is 11.3. The van der Waals surface area contributed by atoms with Crippen LogP contribution in [0, 0.1) is 0 Å². The van der Waals surface area contributed by atoms with E-state index in [1.807, 2.05) is 37.3 Å². The van der Waals surface area contributed by atoms with Crippen molar-refractivity contribution in [2.45, 2.75) is 27.4 Å². The molecule has 25 heavy (non-hydrogen) atoms. The van der Waals surface area contributed by atoms with E-state index in [0.717, 1.165) is 20.0 Å². The summed E-state index contributed by atoms with van der Waals surface area (Å²) in [5.41, 5.74) is 1.10. The second kappa shape index (κ2) is 9.38. The van der Waals surface area contributed by atoms with Crippen LogP contribution in [0.4, 0.5) is 0 Å². The summed E-state index contributed by atoms with van der Waals surface area (Å²) in [6, 6.07) is 14.1. The van der Waals surface area contributed by atoms with Crippen molar-refractivity contribution in [2.24, 2.45) is 0 Å². The third-order valence-electron chi connectivity index (χ3n) is 3.31. The molecule has 0 fully saturated rings. The predicted molar refractivity (Wildman–Crippen MR) is 108 cm³/mol. The Kier molecular flexibility index (Phi) is 6.92. The highest BCUT2D eigenvalue weighted by Gasteiger charge is 2.12. The van der Waals surface area contributed by atoms with Crippen LogP contribution in [-0.4, -0.2) is 21.9 Å². The van der Waals surface area contributed by atoms with E-state index < -0.39 is 0 Å². The van der Waals surface area contributed by atoms with Crippen molar-refractivity contribution in [3.63, 3.8) is 0 Å². The van der Waals surface area contributed by atoms with Crippen LogP contribution >= 0.6 is 46.2 Å². The van der Waals surface area contributed by atoms with Crippen molar-refractivity contribution in [1.82, 2.24) is 15.5 Å². The Morgan fingerprint density at radius 2 is 1.88 bits per heavy atom. The van der Waals surface area contributed by atoms with Gasteiger partial charge in [0.15, 0.2) is 8.68 Å². The zero-order chi connectivity index (χ0) is 17.5. The number of nitrogens with zero attached hydrogens (tertiary/aromatic N) is 2. The molecular weight excluding hydrogens is 390 g/mol. The van der Waals surface area contributed by atoms with Gasteiger partial charge in [-0.25, -0.2) is 0 Å². The summed E-state index contributed by atoms with van der Waals surface area (Å²) in [6.45, 7) is 1.99. The van der Waals surface area contributed by atoms with Crippen LogP contribution in [0.15, 0.2) is 56.5 Å². The fourth-order valence-electron chi connectivity index (χ4n) is 2.08. The zero-order valence-electron chi connectivity index (χ0n) is 13.5. The van der Waals surface area contributed by atoms with E-state index in [2.05, 4.69) is 33.0 Å². The van der Waals surface area contributed by atoms with Gasteiger partial charge in [0, 0.05) is 10.6 Å². The largest absolute Gasteiger partial charge is 0.349 e. The highest BCUT2D eigenvalue weighted by molar-refractivity contribution is 8.03. The first-order valence-electron chi connectivity index (χ1n) is 7.66. The Bertz CT molecular complexity index is 789. The maximum Gasteiger partial charge on any atom is 0.230 e. The van der Waals surface area contributed by atoms with Crippen LogP contribution in [0.5, 0.6) is 0 Å². The van der Waals surface area contributed by atoms with Crippen LogP contribution in [0.2, 0.25) is 0 Å². The van der Waals surface area contributed by atoms with Gasteiger partial charge in [0.1, 0.15) is 0 Å². The first-order chi connectivity index (χ1) is 12.2. The minimum Gasteiger partial charge on any atom is -0.349 e. The topological polar surface area (TPSA) is 54.9 Å². The van der Waals surface area contributed by atoms with Gasteiger partial charge >= 0.3 is 0 Å². The molecule has 1 aromatic carbocycles. The molecule has 0 saturated carbocycles. The number of benzene rings is 1. The van der Waals surface area contributed by atoms with Gasteiger partial charge in [-0.2, -0.15) is 0 Å². The summed E-state index contributed by atoms with van der Waals surface area (Å²) < 4.78 is 1.77. The highest BCUT2D eigenvalue weighted by atomic mass is 32.2. The monoisotopic (exact) mass is 407 g/mol. The SMILES string of the molecule is CC(NC(=O)CSc1nnc(SCc2cccs2)s1)c1ccccc1. The molecule has 2 heterocycles. The number of hydrogen-bond donors (Lipinski definition) is 1. The third-order valence-corrected chi connectivity index (χ3v) is 7.61. The Morgan fingerprint density at radius 1 is 1.12 bits per heavy atom. The Hall–Kier alpha value is -1.35. The van der Waals surface area contributed by atoms with E-state index in [-0.39, 0.29) is 11.9 Å². The summed E-state index contributed by atoms with van der Waals surface area (Å²) in [7, 11) is 0. The minimum absolute atomic E-state index is 0.000585. The maximum absolute atomic E-state index is 12.1. The summed E-state index contributed by atoms with van der Waals surface area (Å²) in [5.74, 6) is 1.26. The molecule has 1 N–H and O–H groups in total. The summed E-state index contributed by atoms with van der Waals surface area (Å²) in [5, 5.41) is 13.4. The summed E-state index contributed by atoms with van der Waals surface area (Å²) >= 11 is 6.40. The van der Waals surface area contributed by atoms with Crippen LogP contribution in [-0.2, 0) is 10.5 Å². The molecule has 3 aromatic rings. The zero-order valence-corrected chi connectivity index (χ0v) is 16.8. The number of carbonyl (C=O) groups excluding carboxylic acids is 1. The van der Waals surface area contributed by atoms with E-state index in [4.69, 9.17) is 0 Å². The second-order valence-corrected chi connectivity index (χ2v) is 9.65. The number of rotatable bonds is 8. The fraction of sp³-hybridized carbons (Fsp3) is 0.235. The van der Waals surface area contributed by atoms with Gasteiger partial charge in [-0.05, 0) is 23.9 Å². The molecular formula is C17H17N3OS4. The molecule has 1 unspecified atom stereocenters. The van der Waals surface area contributed by atoms with E-state index in [9.17, 15) is 4.79 Å². The number of thiophene rings is 1. The van der Waals surface area contributed by atoms with E-state index in [0.29, 0.717) is 5.75 Å². The lowest BCUT2D eigenvalue weighted by Crippen LogP contribution is -2.28. The number of nitrogens with one attached hydrogen (secondary N) is 1. The van der Waals surface area contributed by atoms with Crippen molar-refractivity contribution in [3.8, 4) is 0 Å². The molecule has 0 aliphatic rings. The van der Waals surface area contributed by atoms with Crippen molar-refractivity contribution in [3.05, 3.63) is 58.3 Å². The number of hydrogen-bond acceptors (Lipinski definition) is 7. The van der Waals surface area contributed by atoms with Crippen LogP contribution in [0.3, 0.4) is 0 Å². The highest BCUT2D eigenvalue weighted by Crippen LogP contribution is 2.31. The van der Waals surface area contributed by atoms with E-state index in [1.165, 1.54) is 16.6 Å². The molecule has 0 saturated heterocycles. The standard InChI is InChI=1S/C17H17N3OS4/c1-12(13-6-3-2-4-7-13)18-15(21)11-24-17-20-19-16(25-17)23-10-14-8-5-9-22-14/h2-9,12H,10-11H2,1H3,(H,18,21). The molecule has 0 bridgehead atoms. The van der Waals surface area contributed by atoms with Crippen molar-refractivity contribution in [1.29, 1.82) is 0 Å². The molecule has 0 radical (unpaired) electrons. The first kappa shape index (κ1) is 18.4. The van der Waals surface area contributed by atoms with Crippen molar-refractivity contribution < 1.29 is 4.79 Å². The average molecular weight is 408 g/mol. The lowest BCUT2D eigenvalue weighted by atomic mass is 10.1. The van der Waals surface area contributed by atoms with Gasteiger partial charge in [-0.1, -0.05) is 71.3 Å². The molecule has 0 aliphatic heterocycles. The maximum atomic E-state index is 12.1. The van der Waals surface area contributed by atoms with E-state index >= 15 is 0 Å². The number of carbonyl (C=O) groups is 1.